The number of hydrogen-bond donors (Lipinski definition) is 2. The number of piperidine rings is 1. The molecule has 0 bridgehead atoms. The van der Waals surface area contributed by atoms with Gasteiger partial charge in [0.2, 0.25) is 5.91 Å². The zero-order valence-corrected chi connectivity index (χ0v) is 15.9. The SMILES string of the molecule is CC1CNCCC1NC(=O)C1CCCN1c1ncnc2sccc12.Cl. The largest absolute Gasteiger partial charge is 0.351 e. The Balaban J connectivity index is 0.00000182. The van der Waals surface area contributed by atoms with Gasteiger partial charge in [-0.1, -0.05) is 6.92 Å². The van der Waals surface area contributed by atoms with Gasteiger partial charge in [-0.3, -0.25) is 4.79 Å². The summed E-state index contributed by atoms with van der Waals surface area (Å²) in [7, 11) is 0. The van der Waals surface area contributed by atoms with Crippen LogP contribution in [0, 0.1) is 5.92 Å². The Morgan fingerprint density at radius 2 is 2.28 bits per heavy atom. The second kappa shape index (κ2) is 7.85. The number of carbonyl (C=O) groups excluding carboxylic acids is 1. The maximum Gasteiger partial charge on any atom is 0.242 e. The number of fused-ring (bicyclic) bond motifs is 1. The minimum Gasteiger partial charge on any atom is -0.351 e. The molecule has 2 fully saturated rings. The average molecular weight is 382 g/mol. The van der Waals surface area contributed by atoms with Crippen molar-refractivity contribution in [2.24, 2.45) is 5.92 Å². The summed E-state index contributed by atoms with van der Waals surface area (Å²) in [4.78, 5) is 24.9. The molecule has 4 heterocycles. The molecule has 0 aromatic carbocycles. The van der Waals surface area contributed by atoms with Gasteiger partial charge in [0.05, 0.1) is 5.39 Å². The Labute approximate surface area is 157 Å². The lowest BCUT2D eigenvalue weighted by molar-refractivity contribution is -0.123. The lowest BCUT2D eigenvalue weighted by Crippen LogP contribution is -2.53. The zero-order chi connectivity index (χ0) is 16.5. The topological polar surface area (TPSA) is 70.2 Å². The van der Waals surface area contributed by atoms with Crippen molar-refractivity contribution >= 4 is 45.7 Å². The van der Waals surface area contributed by atoms with Gasteiger partial charge in [0, 0.05) is 12.6 Å². The van der Waals surface area contributed by atoms with Crippen molar-refractivity contribution < 1.29 is 4.79 Å². The van der Waals surface area contributed by atoms with Crippen molar-refractivity contribution in [3.05, 3.63) is 17.8 Å². The Kier molecular flexibility index (Phi) is 5.76. The van der Waals surface area contributed by atoms with Crippen LogP contribution in [-0.4, -0.2) is 47.6 Å². The number of amides is 1. The van der Waals surface area contributed by atoms with Gasteiger partial charge in [-0.05, 0) is 49.7 Å². The van der Waals surface area contributed by atoms with Crippen molar-refractivity contribution in [1.82, 2.24) is 20.6 Å². The molecule has 8 heteroatoms. The quantitative estimate of drug-likeness (QED) is 0.852. The summed E-state index contributed by atoms with van der Waals surface area (Å²) < 4.78 is 0. The molecular formula is C17H24ClN5OS. The van der Waals surface area contributed by atoms with Crippen LogP contribution in [0.3, 0.4) is 0 Å². The minimum atomic E-state index is -0.120. The van der Waals surface area contributed by atoms with Crippen molar-refractivity contribution in [2.75, 3.05) is 24.5 Å². The highest BCUT2D eigenvalue weighted by atomic mass is 35.5. The Hall–Kier alpha value is -1.44. The molecule has 3 unspecified atom stereocenters. The average Bonchev–Trinajstić information content (AvgIpc) is 3.25. The van der Waals surface area contributed by atoms with E-state index in [1.165, 1.54) is 0 Å². The van der Waals surface area contributed by atoms with E-state index >= 15 is 0 Å². The fourth-order valence-electron chi connectivity index (χ4n) is 3.81. The van der Waals surface area contributed by atoms with Crippen LogP contribution in [0.25, 0.3) is 10.2 Å². The molecule has 3 atom stereocenters. The van der Waals surface area contributed by atoms with E-state index < -0.39 is 0 Å². The molecule has 6 nitrogen and oxygen atoms in total. The van der Waals surface area contributed by atoms with E-state index in [-0.39, 0.29) is 30.4 Å². The van der Waals surface area contributed by atoms with Crippen LogP contribution >= 0.6 is 23.7 Å². The van der Waals surface area contributed by atoms with Crippen LogP contribution in [0.1, 0.15) is 26.2 Å². The highest BCUT2D eigenvalue weighted by molar-refractivity contribution is 7.16. The molecule has 0 spiro atoms. The first-order valence-electron chi connectivity index (χ1n) is 8.70. The molecular weight excluding hydrogens is 358 g/mol. The molecule has 2 aromatic rings. The Morgan fingerprint density at radius 3 is 3.12 bits per heavy atom. The number of thiophene rings is 1. The number of hydrogen-bond acceptors (Lipinski definition) is 6. The van der Waals surface area contributed by atoms with Gasteiger partial charge in [-0.15, -0.1) is 23.7 Å². The van der Waals surface area contributed by atoms with Crippen LogP contribution in [0.4, 0.5) is 5.82 Å². The number of rotatable bonds is 3. The summed E-state index contributed by atoms with van der Waals surface area (Å²) in [5, 5.41) is 9.76. The molecule has 2 saturated heterocycles. The molecule has 25 heavy (non-hydrogen) atoms. The van der Waals surface area contributed by atoms with Crippen LogP contribution in [-0.2, 0) is 4.79 Å². The summed E-state index contributed by atoms with van der Waals surface area (Å²) in [6, 6.07) is 2.20. The van der Waals surface area contributed by atoms with Crippen molar-refractivity contribution in [1.29, 1.82) is 0 Å². The van der Waals surface area contributed by atoms with Crippen LogP contribution in [0.5, 0.6) is 0 Å². The summed E-state index contributed by atoms with van der Waals surface area (Å²) in [5.41, 5.74) is 0. The van der Waals surface area contributed by atoms with Gasteiger partial charge in [0.1, 0.15) is 23.0 Å². The third-order valence-corrected chi connectivity index (χ3v) is 6.00. The third kappa shape index (κ3) is 3.59. The fraction of sp³-hybridized carbons (Fsp3) is 0.588. The summed E-state index contributed by atoms with van der Waals surface area (Å²) in [6.45, 7) is 5.02. The first-order chi connectivity index (χ1) is 11.7. The highest BCUT2D eigenvalue weighted by Gasteiger charge is 2.34. The van der Waals surface area contributed by atoms with E-state index in [4.69, 9.17) is 0 Å². The Bertz CT molecular complexity index is 739. The monoisotopic (exact) mass is 381 g/mol. The van der Waals surface area contributed by atoms with Gasteiger partial charge >= 0.3 is 0 Å². The number of carbonyl (C=O) groups is 1. The first kappa shape index (κ1) is 18.4. The molecule has 0 aliphatic carbocycles. The summed E-state index contributed by atoms with van der Waals surface area (Å²) in [5.74, 6) is 1.52. The summed E-state index contributed by atoms with van der Waals surface area (Å²) in [6.07, 6.45) is 4.52. The third-order valence-electron chi connectivity index (χ3n) is 5.18. The molecule has 2 N–H and O–H groups in total. The predicted molar refractivity (Wildman–Crippen MR) is 104 cm³/mol. The van der Waals surface area contributed by atoms with E-state index in [2.05, 4.69) is 38.5 Å². The molecule has 4 rings (SSSR count). The molecule has 0 saturated carbocycles. The van der Waals surface area contributed by atoms with E-state index in [1.807, 2.05) is 5.38 Å². The second-order valence-electron chi connectivity index (χ2n) is 6.77. The van der Waals surface area contributed by atoms with Crippen LogP contribution in [0.15, 0.2) is 17.8 Å². The number of nitrogens with one attached hydrogen (secondary N) is 2. The molecule has 2 aliphatic rings. The van der Waals surface area contributed by atoms with Crippen molar-refractivity contribution in [3.63, 3.8) is 0 Å². The van der Waals surface area contributed by atoms with E-state index in [1.54, 1.807) is 17.7 Å². The lowest BCUT2D eigenvalue weighted by atomic mass is 9.95. The van der Waals surface area contributed by atoms with E-state index in [0.29, 0.717) is 5.92 Å². The maximum absolute atomic E-state index is 12.9. The maximum atomic E-state index is 12.9. The zero-order valence-electron chi connectivity index (χ0n) is 14.3. The number of aromatic nitrogens is 2. The molecule has 136 valence electrons. The van der Waals surface area contributed by atoms with Crippen molar-refractivity contribution in [3.8, 4) is 0 Å². The molecule has 2 aliphatic heterocycles. The van der Waals surface area contributed by atoms with Gasteiger partial charge in [-0.25, -0.2) is 9.97 Å². The van der Waals surface area contributed by atoms with E-state index in [0.717, 1.165) is 54.9 Å². The molecule has 1 amide bonds. The molecule has 0 radical (unpaired) electrons. The number of halogens is 1. The van der Waals surface area contributed by atoms with Crippen LogP contribution in [0.2, 0.25) is 0 Å². The second-order valence-corrected chi connectivity index (χ2v) is 7.67. The van der Waals surface area contributed by atoms with Gasteiger partial charge in [0.25, 0.3) is 0 Å². The van der Waals surface area contributed by atoms with Gasteiger partial charge in [0.15, 0.2) is 0 Å². The standard InChI is InChI=1S/C17H23N5OS.ClH/c1-11-9-18-6-4-13(11)21-16(23)14-3-2-7-22(14)15-12-5-8-24-17(12)20-10-19-15;/h5,8,10-11,13-14,18H,2-4,6-7,9H2,1H3,(H,21,23);1H. The van der Waals surface area contributed by atoms with Gasteiger partial charge in [-0.2, -0.15) is 0 Å². The predicted octanol–water partition coefficient (Wildman–Crippen LogP) is 2.20. The van der Waals surface area contributed by atoms with Crippen molar-refractivity contribution in [2.45, 2.75) is 38.3 Å². The smallest absolute Gasteiger partial charge is 0.242 e. The molecule has 2 aromatic heterocycles. The summed E-state index contributed by atoms with van der Waals surface area (Å²) >= 11 is 1.61. The normalized spacial score (nSPS) is 26.4. The Morgan fingerprint density at radius 1 is 1.40 bits per heavy atom. The van der Waals surface area contributed by atoms with Gasteiger partial charge < -0.3 is 15.5 Å². The number of anilines is 1. The number of nitrogens with zero attached hydrogens (tertiary/aromatic N) is 3. The van der Waals surface area contributed by atoms with Crippen LogP contribution < -0.4 is 15.5 Å². The highest BCUT2D eigenvalue weighted by Crippen LogP contribution is 2.31. The fourth-order valence-corrected chi connectivity index (χ4v) is 4.53. The lowest BCUT2D eigenvalue weighted by Gasteiger charge is -2.33. The minimum absolute atomic E-state index is 0. The first-order valence-corrected chi connectivity index (χ1v) is 9.58. The van der Waals surface area contributed by atoms with E-state index in [9.17, 15) is 4.79 Å².